The van der Waals surface area contributed by atoms with Gasteiger partial charge in [0.05, 0.1) is 34.8 Å². The lowest BCUT2D eigenvalue weighted by molar-refractivity contribution is -0.137. The van der Waals surface area contributed by atoms with Gasteiger partial charge in [-0.1, -0.05) is 12.1 Å². The number of alkyl halides is 3. The Labute approximate surface area is 238 Å². The number of halogens is 3. The summed E-state index contributed by atoms with van der Waals surface area (Å²) in [5.74, 6) is -0.00788. The van der Waals surface area contributed by atoms with Gasteiger partial charge in [-0.05, 0) is 80.5 Å². The molecular formula is C29H26F3N9O. The van der Waals surface area contributed by atoms with Crippen LogP contribution in [0.3, 0.4) is 0 Å². The van der Waals surface area contributed by atoms with E-state index in [1.165, 1.54) is 10.6 Å². The molecule has 0 unspecified atom stereocenters. The molecular weight excluding hydrogens is 547 g/mol. The molecule has 0 fully saturated rings. The van der Waals surface area contributed by atoms with Crippen LogP contribution in [0.2, 0.25) is 0 Å². The Bertz CT molecular complexity index is 1780. The van der Waals surface area contributed by atoms with Crippen LogP contribution in [0.4, 0.5) is 23.9 Å². The number of pyridine rings is 1. The predicted octanol–water partition coefficient (Wildman–Crippen LogP) is 5.18. The van der Waals surface area contributed by atoms with Crippen molar-refractivity contribution in [3.05, 3.63) is 83.7 Å². The van der Waals surface area contributed by atoms with Crippen molar-refractivity contribution in [1.82, 2.24) is 35.0 Å². The number of urea groups is 1. The molecule has 0 radical (unpaired) electrons. The fraction of sp³-hybridized carbons (Fsp3) is 0.207. The smallest absolute Gasteiger partial charge is 0.338 e. The number of carbonyl (C=O) groups excluding carboxylic acids is 1. The van der Waals surface area contributed by atoms with Gasteiger partial charge in [-0.25, -0.2) is 14.0 Å². The molecule has 3 N–H and O–H groups in total. The maximum absolute atomic E-state index is 13.7. The molecule has 0 bridgehead atoms. The minimum atomic E-state index is -4.54. The molecule has 10 nitrogen and oxygen atoms in total. The van der Waals surface area contributed by atoms with Crippen LogP contribution in [-0.4, -0.2) is 50.5 Å². The van der Waals surface area contributed by atoms with Gasteiger partial charge in [0.15, 0.2) is 5.65 Å². The van der Waals surface area contributed by atoms with E-state index < -0.39 is 17.8 Å². The summed E-state index contributed by atoms with van der Waals surface area (Å²) in [6.45, 7) is 2.95. The number of rotatable bonds is 8. The first-order chi connectivity index (χ1) is 20.2. The molecule has 42 heavy (non-hydrogen) atoms. The van der Waals surface area contributed by atoms with Gasteiger partial charge >= 0.3 is 12.2 Å². The predicted molar refractivity (Wildman–Crippen MR) is 151 cm³/mol. The standard InChI is InChI=1S/C29H26F3N9O/c1-18-23(24-11-14-36-41(24)22-9-7-19(16-33)8-10-22)17-40-26(25(18)20-5-3-6-21(15-20)29(30,31)32)37-27(39-40)38-28(42)35-13-4-12-34-2/h3,5-11,14-15,17,34H,4,12-13H2,1-2H3,(H2,35,38,39,42). The van der Waals surface area contributed by atoms with Gasteiger partial charge in [0, 0.05) is 23.9 Å². The third kappa shape index (κ3) is 5.79. The number of benzene rings is 2. The van der Waals surface area contributed by atoms with Crippen molar-refractivity contribution >= 4 is 17.6 Å². The summed E-state index contributed by atoms with van der Waals surface area (Å²) < 4.78 is 44.1. The summed E-state index contributed by atoms with van der Waals surface area (Å²) in [4.78, 5) is 16.9. The highest BCUT2D eigenvalue weighted by Gasteiger charge is 2.31. The lowest BCUT2D eigenvalue weighted by atomic mass is 9.95. The lowest BCUT2D eigenvalue weighted by Crippen LogP contribution is -2.31. The van der Waals surface area contributed by atoms with Crippen molar-refractivity contribution in [1.29, 1.82) is 5.26 Å². The molecule has 3 heterocycles. The second-order valence-electron chi connectivity index (χ2n) is 9.45. The third-order valence-corrected chi connectivity index (χ3v) is 6.64. The van der Waals surface area contributed by atoms with E-state index in [0.717, 1.165) is 25.1 Å². The number of aromatic nitrogens is 5. The minimum Gasteiger partial charge on any atom is -0.338 e. The Morgan fingerprint density at radius 2 is 1.88 bits per heavy atom. The van der Waals surface area contributed by atoms with Gasteiger partial charge < -0.3 is 10.6 Å². The van der Waals surface area contributed by atoms with Gasteiger partial charge in [0.2, 0.25) is 0 Å². The Morgan fingerprint density at radius 3 is 2.60 bits per heavy atom. The molecule has 2 aromatic carbocycles. The fourth-order valence-corrected chi connectivity index (χ4v) is 4.62. The van der Waals surface area contributed by atoms with E-state index in [-0.39, 0.29) is 17.2 Å². The number of hydrogen-bond donors (Lipinski definition) is 3. The van der Waals surface area contributed by atoms with Crippen molar-refractivity contribution in [3.8, 4) is 34.1 Å². The summed E-state index contributed by atoms with van der Waals surface area (Å²) in [6, 6.07) is 15.2. The van der Waals surface area contributed by atoms with Crippen LogP contribution in [0.15, 0.2) is 67.0 Å². The van der Waals surface area contributed by atoms with Crippen LogP contribution >= 0.6 is 0 Å². The first-order valence-electron chi connectivity index (χ1n) is 13.0. The van der Waals surface area contributed by atoms with Crippen molar-refractivity contribution in [2.24, 2.45) is 0 Å². The maximum Gasteiger partial charge on any atom is 0.416 e. The summed E-state index contributed by atoms with van der Waals surface area (Å²) in [5.41, 5.74) is 3.25. The molecule has 0 aliphatic rings. The van der Waals surface area contributed by atoms with E-state index in [9.17, 15) is 18.0 Å². The maximum atomic E-state index is 13.7. The van der Waals surface area contributed by atoms with Crippen molar-refractivity contribution in [2.45, 2.75) is 19.5 Å². The van der Waals surface area contributed by atoms with Crippen molar-refractivity contribution in [3.63, 3.8) is 0 Å². The van der Waals surface area contributed by atoms with Crippen molar-refractivity contribution < 1.29 is 18.0 Å². The molecule has 2 amide bonds. The summed E-state index contributed by atoms with van der Waals surface area (Å²) in [7, 11) is 1.82. The Kier molecular flexibility index (Phi) is 7.90. The summed E-state index contributed by atoms with van der Waals surface area (Å²) in [6.07, 6.45) is -0.523. The second kappa shape index (κ2) is 11.7. The van der Waals surface area contributed by atoms with E-state index in [1.807, 2.05) is 7.05 Å². The third-order valence-electron chi connectivity index (χ3n) is 6.64. The lowest BCUT2D eigenvalue weighted by Gasteiger charge is -2.16. The molecule has 0 spiro atoms. The summed E-state index contributed by atoms with van der Waals surface area (Å²) in [5, 5.41) is 26.4. The number of amides is 2. The first kappa shape index (κ1) is 28.3. The average Bonchev–Trinajstić information content (AvgIpc) is 3.61. The molecule has 0 atom stereocenters. The molecule has 0 aliphatic carbocycles. The summed E-state index contributed by atoms with van der Waals surface area (Å²) >= 11 is 0. The molecule has 3 aromatic heterocycles. The van der Waals surface area contributed by atoms with E-state index in [0.29, 0.717) is 40.2 Å². The van der Waals surface area contributed by atoms with Gasteiger partial charge in [-0.2, -0.15) is 28.5 Å². The Balaban J connectivity index is 1.64. The van der Waals surface area contributed by atoms with Gasteiger partial charge in [0.1, 0.15) is 0 Å². The highest BCUT2D eigenvalue weighted by atomic mass is 19.4. The number of hydrogen-bond acceptors (Lipinski definition) is 6. The Morgan fingerprint density at radius 1 is 1.10 bits per heavy atom. The fourth-order valence-electron chi connectivity index (χ4n) is 4.62. The van der Waals surface area contributed by atoms with Crippen LogP contribution in [0.1, 0.15) is 23.1 Å². The normalized spacial score (nSPS) is 11.4. The highest BCUT2D eigenvalue weighted by molar-refractivity contribution is 5.90. The molecule has 13 heteroatoms. The molecule has 5 rings (SSSR count). The number of carbonyl (C=O) groups is 1. The number of nitriles is 1. The quantitative estimate of drug-likeness (QED) is 0.220. The van der Waals surface area contributed by atoms with Crippen molar-refractivity contribution in [2.75, 3.05) is 25.5 Å². The largest absolute Gasteiger partial charge is 0.416 e. The zero-order valence-electron chi connectivity index (χ0n) is 22.7. The van der Waals surface area contributed by atoms with E-state index in [4.69, 9.17) is 5.26 Å². The zero-order valence-corrected chi connectivity index (χ0v) is 22.7. The van der Waals surface area contributed by atoms with E-state index >= 15 is 0 Å². The number of nitrogens with one attached hydrogen (secondary N) is 3. The SMILES string of the molecule is CNCCCNC(=O)Nc1nc2c(-c3cccc(C(F)(F)F)c3)c(C)c(-c3ccnn3-c3ccc(C#N)cc3)cn2n1. The van der Waals surface area contributed by atoms with Crippen LogP contribution < -0.4 is 16.0 Å². The number of fused-ring (bicyclic) bond motifs is 1. The molecule has 214 valence electrons. The first-order valence-corrected chi connectivity index (χ1v) is 13.0. The zero-order chi connectivity index (χ0) is 29.9. The van der Waals surface area contributed by atoms with E-state index in [1.54, 1.807) is 60.4 Å². The van der Waals surface area contributed by atoms with E-state index in [2.05, 4.69) is 37.2 Å². The van der Waals surface area contributed by atoms with Crippen LogP contribution in [0.5, 0.6) is 0 Å². The van der Waals surface area contributed by atoms with Crippen LogP contribution in [-0.2, 0) is 6.18 Å². The number of nitrogens with zero attached hydrogens (tertiary/aromatic N) is 6. The van der Waals surface area contributed by atoms with Gasteiger partial charge in [-0.3, -0.25) is 5.32 Å². The number of anilines is 1. The molecule has 0 aliphatic heterocycles. The molecule has 0 saturated carbocycles. The molecule has 0 saturated heterocycles. The van der Waals surface area contributed by atoms with Gasteiger partial charge in [0.25, 0.3) is 5.95 Å². The van der Waals surface area contributed by atoms with Crippen LogP contribution in [0, 0.1) is 18.3 Å². The highest BCUT2D eigenvalue weighted by Crippen LogP contribution is 2.38. The Hall–Kier alpha value is -5.22. The topological polar surface area (TPSA) is 125 Å². The molecule has 5 aromatic rings. The second-order valence-corrected chi connectivity index (χ2v) is 9.45. The van der Waals surface area contributed by atoms with Crippen LogP contribution in [0.25, 0.3) is 33.7 Å². The monoisotopic (exact) mass is 573 g/mol. The minimum absolute atomic E-state index is 0.00788. The van der Waals surface area contributed by atoms with Gasteiger partial charge in [-0.15, -0.1) is 5.10 Å². The average molecular weight is 574 g/mol.